The highest BCUT2D eigenvalue weighted by molar-refractivity contribution is 14.1. The van der Waals surface area contributed by atoms with Gasteiger partial charge in [-0.05, 0) is 285 Å². The van der Waals surface area contributed by atoms with Gasteiger partial charge in [0.15, 0.2) is 0 Å². The molecule has 5 N–H and O–H groups in total. The van der Waals surface area contributed by atoms with Crippen molar-refractivity contribution < 1.29 is 79.7 Å². The lowest BCUT2D eigenvalue weighted by molar-refractivity contribution is -0.139. The van der Waals surface area contributed by atoms with Crippen molar-refractivity contribution in [1.29, 1.82) is 0 Å². The van der Waals surface area contributed by atoms with Gasteiger partial charge in [0.25, 0.3) is 0 Å². The van der Waals surface area contributed by atoms with E-state index in [1.165, 1.54) is 46.8 Å². The molecule has 7 aliphatic heterocycles. The van der Waals surface area contributed by atoms with Crippen LogP contribution in [0.25, 0.3) is 54.8 Å². The van der Waals surface area contributed by atoms with Gasteiger partial charge >= 0.3 is 18.3 Å². The van der Waals surface area contributed by atoms with Crippen molar-refractivity contribution in [3.05, 3.63) is 233 Å². The Labute approximate surface area is 883 Å². The van der Waals surface area contributed by atoms with Crippen molar-refractivity contribution in [1.82, 2.24) is 40.0 Å². The second-order valence-electron chi connectivity index (χ2n) is 44.3. The Hall–Kier alpha value is -11.4. The summed E-state index contributed by atoms with van der Waals surface area (Å²) in [7, 11) is 0. The van der Waals surface area contributed by atoms with Crippen LogP contribution in [0.15, 0.2) is 223 Å². The fourth-order valence-electron chi connectivity index (χ4n) is 20.0. The van der Waals surface area contributed by atoms with Gasteiger partial charge < -0.3 is 91.9 Å². The predicted molar refractivity (Wildman–Crippen MR) is 591 cm³/mol. The number of ether oxygens (including phenoxy) is 4. The molecule has 6 aromatic carbocycles. The maximum atomic E-state index is 13.2. The van der Waals surface area contributed by atoms with Gasteiger partial charge in [0.05, 0.1) is 59.6 Å². The van der Waals surface area contributed by atoms with Crippen molar-refractivity contribution >= 4 is 119 Å². The van der Waals surface area contributed by atoms with E-state index in [9.17, 15) is 33.6 Å². The zero-order valence-electron chi connectivity index (χ0n) is 90.1. The molecule has 5 aromatic heterocycles. The Kier molecular flexibility index (Phi) is 42.1. The van der Waals surface area contributed by atoms with Crippen LogP contribution in [0.4, 0.5) is 14.4 Å². The number of carbonyl (C=O) groups excluding carboxylic acids is 7. The number of furan rings is 5. The standard InChI is InChI=1S/C22H30N2O3.C19H25NO2.C18H24INO3.C18H24N2O2.C18H23NO3.C13H15NO.C12H21NO3/c1-14(2)20(23-21(25)15(3)4)22(26)24-11-7-8-17(24)12-16-13-27-19-10-6-5-9-18(16)19;1-13(2)14(3)19(21)20-10-6-7-16(20)11-15-12-22-18-9-5-4-8-17(15)18;1-18(2,3)23-17(21)20-12-6-8-14(20)9-7-13-22-16-11-5-4-10-15(16)19;1-12(2)17(19)18(21)20-9-5-6-14(20)10-13-11-22-16-8-4-3-7-15(13)16;1-18(2,3)22-17(20)19-10-6-7-14(19)11-13-12-21-16-9-5-4-8-15(13)16;1-2-6-13-12(5-1)10(9-15-13)8-11-4-3-7-14-11;1-12(2,3)16-11(15)13-8-4-6-10(13)7-5-9-14/h5-6,9-10,13-15,17,20H,7-8,11-12H2,1-4H3,(H,23,25);4-5,8-9,12-14,16H,6-7,10-11H2,1-3H3;4-5,7,9-11,14H,6,8,12-13H2,1-3H3;3-4,7-8,11-12,14,17H,5-6,9-10,19H2,1-2H3;4-5,8-9,12,14H,6-7,10-11H2,1-3H3;1-2,5-6,9,11,14H,3-4,7-8H2;5,7,10,14H,4,6,8-9H2,1-3H3/b;;9-7+;;;;7-5+/t17-,20-;14-,16-;14-;14-,17-;14-;11-;10-/m0000000/s1. The fraction of sp³-hybridized carbons (Fsp3) is 0.525. The molecule has 18 rings (SSSR count). The van der Waals surface area contributed by atoms with Crippen LogP contribution in [0.3, 0.4) is 0 Å². The van der Waals surface area contributed by atoms with Crippen molar-refractivity contribution in [3.8, 4) is 5.75 Å². The van der Waals surface area contributed by atoms with Crippen molar-refractivity contribution in [2.24, 2.45) is 35.3 Å². The first-order chi connectivity index (χ1) is 70.2. The van der Waals surface area contributed by atoms with Crippen LogP contribution in [0.1, 0.15) is 242 Å². The third-order valence-corrected chi connectivity index (χ3v) is 29.1. The van der Waals surface area contributed by atoms with E-state index in [-0.39, 0.29) is 96.5 Å². The first-order valence-corrected chi connectivity index (χ1v) is 54.6. The minimum atomic E-state index is -0.471. The summed E-state index contributed by atoms with van der Waals surface area (Å²) in [5.41, 5.74) is 15.4. The topological polar surface area (TPSA) is 312 Å². The van der Waals surface area contributed by atoms with E-state index in [2.05, 4.69) is 95.3 Å². The third-order valence-electron chi connectivity index (χ3n) is 28.2. The minimum absolute atomic E-state index is 0.0126. The zero-order chi connectivity index (χ0) is 106. The lowest BCUT2D eigenvalue weighted by Crippen LogP contribution is -2.53. The van der Waals surface area contributed by atoms with Gasteiger partial charge in [-0.2, -0.15) is 0 Å². The monoisotopic (exact) mass is 2130 g/mol. The summed E-state index contributed by atoms with van der Waals surface area (Å²) in [6.07, 6.45) is 35.3. The first kappa shape index (κ1) is 114. The summed E-state index contributed by atoms with van der Waals surface area (Å²) in [5, 5.41) is 21.0. The van der Waals surface area contributed by atoms with E-state index in [0.29, 0.717) is 30.5 Å². The molecule has 10 atom stereocenters. The highest BCUT2D eigenvalue weighted by Gasteiger charge is 2.41. The van der Waals surface area contributed by atoms with E-state index >= 15 is 0 Å². The first-order valence-electron chi connectivity index (χ1n) is 53.5. The molecule has 0 bridgehead atoms. The van der Waals surface area contributed by atoms with E-state index in [0.717, 1.165) is 213 Å². The Morgan fingerprint density at radius 1 is 0.408 bits per heavy atom. The smallest absolute Gasteiger partial charge is 0.410 e. The molecule has 0 unspecified atom stereocenters. The van der Waals surface area contributed by atoms with Crippen molar-refractivity contribution in [3.63, 3.8) is 0 Å². The largest absolute Gasteiger partial charge is 0.488 e. The van der Waals surface area contributed by atoms with Crippen LogP contribution in [-0.2, 0) is 65.5 Å². The Morgan fingerprint density at radius 3 is 1.10 bits per heavy atom. The average Bonchev–Trinajstić information content (AvgIpc) is 1.66. The summed E-state index contributed by atoms with van der Waals surface area (Å²) in [6, 6.07) is 49.2. The van der Waals surface area contributed by atoms with Crippen LogP contribution >= 0.6 is 22.6 Å². The molecule has 0 aliphatic carbocycles. The van der Waals surface area contributed by atoms with Gasteiger partial charge in [-0.15, -0.1) is 0 Å². The van der Waals surface area contributed by atoms with Gasteiger partial charge in [-0.1, -0.05) is 184 Å². The number of fused-ring (bicyclic) bond motifs is 5. The highest BCUT2D eigenvalue weighted by atomic mass is 127. The van der Waals surface area contributed by atoms with Crippen LogP contribution < -0.4 is 21.1 Å². The Balaban J connectivity index is 0.000000153. The molecule has 0 spiro atoms. The van der Waals surface area contributed by atoms with Gasteiger partial charge in [0.2, 0.25) is 23.6 Å². The number of halogens is 1. The SMILES string of the molecule is CC(C)(C)OC(=O)N1CCC[C@H]1/C=C/CO.CC(C)(C)OC(=O)N1CCC[C@H]1/C=C/COc1ccccc1I.CC(C)(C)OC(=O)N1CCC[C@H]1Cc1coc2ccccc12.CC(C)C(=O)N[C@H](C(=O)N1CCC[C@H]1Cc1coc2ccccc12)C(C)C.CC(C)[C@H](C)C(=O)N1CCC[C@H]1Cc1coc2ccccc12.CC(C)[C@H](N)C(=O)N1CCC[C@H]1Cc1coc2ccccc12.c1ccc2c(C[C@@H]3CCCN3)coc2c1. The number of nitrogens with zero attached hydrogens (tertiary/aromatic N) is 6. The number of hydrogen-bond donors (Lipinski definition) is 4. The van der Waals surface area contributed by atoms with Crippen molar-refractivity contribution in [2.75, 3.05) is 59.0 Å². The summed E-state index contributed by atoms with van der Waals surface area (Å²) >= 11 is 2.26. The van der Waals surface area contributed by atoms with E-state index < -0.39 is 28.9 Å². The summed E-state index contributed by atoms with van der Waals surface area (Å²) in [6.45, 7) is 41.3. The van der Waals surface area contributed by atoms with Gasteiger partial charge in [-0.3, -0.25) is 19.2 Å². The Morgan fingerprint density at radius 2 is 0.741 bits per heavy atom. The second kappa shape index (κ2) is 54.2. The molecule has 0 radical (unpaired) electrons. The molecule has 11 aromatic rings. The molecule has 7 saturated heterocycles. The molecule has 7 fully saturated rings. The number of rotatable bonds is 24. The maximum absolute atomic E-state index is 13.2. The predicted octanol–water partition coefficient (Wildman–Crippen LogP) is 24.6. The molecule has 796 valence electrons. The quantitative estimate of drug-likeness (QED) is 0.0248. The molecule has 0 saturated carbocycles. The maximum Gasteiger partial charge on any atom is 0.410 e. The minimum Gasteiger partial charge on any atom is -0.488 e. The number of hydrogen-bond acceptors (Lipinski definition) is 19. The number of carbonyl (C=O) groups is 7. The Bertz CT molecular complexity index is 6000. The highest BCUT2D eigenvalue weighted by Crippen LogP contribution is 2.36. The normalized spacial score (nSPS) is 19.6. The van der Waals surface area contributed by atoms with Crippen LogP contribution in [-0.4, -0.2) is 207 Å². The number of nitrogens with one attached hydrogen (secondary N) is 2. The molecule has 26 nitrogen and oxygen atoms in total. The molecule has 7 amide bonds. The molecular weight excluding hydrogens is 1970 g/mol. The molecular formula is C120H162IN9O17. The molecule has 147 heavy (non-hydrogen) atoms. The third kappa shape index (κ3) is 32.8. The lowest BCUT2D eigenvalue weighted by atomic mass is 9.95. The summed E-state index contributed by atoms with van der Waals surface area (Å²) in [4.78, 5) is 98.5. The number of para-hydroxylation sites is 6. The van der Waals surface area contributed by atoms with E-state index in [4.69, 9.17) is 51.9 Å². The van der Waals surface area contributed by atoms with Gasteiger partial charge in [0, 0.05) is 130 Å². The fourth-order valence-corrected chi connectivity index (χ4v) is 20.6. The van der Waals surface area contributed by atoms with E-state index in [1.807, 2.05) is 277 Å². The van der Waals surface area contributed by atoms with E-state index in [1.54, 1.807) is 15.9 Å². The van der Waals surface area contributed by atoms with Gasteiger partial charge in [0.1, 0.15) is 63.1 Å². The van der Waals surface area contributed by atoms with Crippen molar-refractivity contribution in [2.45, 2.75) is 318 Å². The molecule has 7 aliphatic rings. The van der Waals surface area contributed by atoms with Crippen LogP contribution in [0.5, 0.6) is 5.75 Å². The molecule has 27 heteroatoms. The summed E-state index contributed by atoms with van der Waals surface area (Å²) in [5.74, 6) is 1.83. The van der Waals surface area contributed by atoms with Crippen LogP contribution in [0.2, 0.25) is 0 Å². The number of amides is 7. The number of aliphatic hydroxyl groups is 1. The van der Waals surface area contributed by atoms with Gasteiger partial charge in [-0.25, -0.2) is 14.4 Å². The molecule has 12 heterocycles. The lowest BCUT2D eigenvalue weighted by Gasteiger charge is -2.31. The number of aliphatic hydroxyl groups excluding tert-OH is 1. The average molecular weight is 2130 g/mol. The number of nitrogens with two attached hydrogens (primary N) is 1. The second-order valence-corrected chi connectivity index (χ2v) is 45.4. The van der Waals surface area contributed by atoms with Crippen LogP contribution in [0, 0.1) is 33.2 Å². The zero-order valence-corrected chi connectivity index (χ0v) is 92.2. The number of likely N-dealkylation sites (tertiary alicyclic amines) is 6. The summed E-state index contributed by atoms with van der Waals surface area (Å²) < 4.78 is 51.2. The number of benzene rings is 6.